The summed E-state index contributed by atoms with van der Waals surface area (Å²) in [5.41, 5.74) is 1.45. The lowest BCUT2D eigenvalue weighted by Crippen LogP contribution is -2.31. The molecule has 1 aliphatic rings. The molecule has 18 heavy (non-hydrogen) atoms. The summed E-state index contributed by atoms with van der Waals surface area (Å²) < 4.78 is 0. The van der Waals surface area contributed by atoms with Crippen LogP contribution < -0.4 is 0 Å². The second kappa shape index (κ2) is 5.46. The van der Waals surface area contributed by atoms with Crippen LogP contribution in [0.25, 0.3) is 0 Å². The molecule has 1 amide bonds. The third-order valence-corrected chi connectivity index (χ3v) is 4.11. The highest BCUT2D eigenvalue weighted by molar-refractivity contribution is 5.83. The Morgan fingerprint density at radius 2 is 1.89 bits per heavy atom. The number of carbonyl (C=O) groups excluding carboxylic acids is 1. The van der Waals surface area contributed by atoms with Crippen LogP contribution in [0.1, 0.15) is 48.0 Å². The van der Waals surface area contributed by atoms with Gasteiger partial charge in [0.25, 0.3) is 0 Å². The monoisotopic (exact) mass is 251 g/mol. The summed E-state index contributed by atoms with van der Waals surface area (Å²) in [7, 11) is 1.94. The fourth-order valence-electron chi connectivity index (χ4n) is 2.62. The van der Waals surface area contributed by atoms with Gasteiger partial charge in [-0.2, -0.15) is 0 Å². The Bertz CT molecular complexity index is 337. The zero-order valence-corrected chi connectivity index (χ0v) is 13.1. The molecule has 0 aliphatic heterocycles. The number of allylic oxidation sites excluding steroid dienone is 2. The Hall–Kier alpha value is -0.790. The molecule has 0 radical (unpaired) electrons. The maximum Gasteiger partial charge on any atom is 0.226 e. The average molecular weight is 251 g/mol. The third kappa shape index (κ3) is 3.37. The molecule has 1 fully saturated rings. The summed E-state index contributed by atoms with van der Waals surface area (Å²) in [6, 6.07) is 0. The summed E-state index contributed by atoms with van der Waals surface area (Å²) in [6.07, 6.45) is 3.35. The van der Waals surface area contributed by atoms with Crippen molar-refractivity contribution in [1.82, 2.24) is 4.90 Å². The molecule has 0 aromatic rings. The van der Waals surface area contributed by atoms with E-state index in [-0.39, 0.29) is 11.3 Å². The van der Waals surface area contributed by atoms with Gasteiger partial charge in [0, 0.05) is 13.6 Å². The molecule has 104 valence electrons. The number of amides is 1. The van der Waals surface area contributed by atoms with E-state index in [1.165, 1.54) is 5.57 Å². The molecular weight excluding hydrogens is 222 g/mol. The molecule has 0 heterocycles. The normalized spacial score (nSPS) is 24.9. The second-order valence-electron chi connectivity index (χ2n) is 7.01. The fraction of sp³-hybridized carbons (Fsp3) is 0.812. The van der Waals surface area contributed by atoms with Gasteiger partial charge in [0.15, 0.2) is 0 Å². The van der Waals surface area contributed by atoms with E-state index in [2.05, 4.69) is 47.6 Å². The molecule has 2 unspecified atom stereocenters. The molecule has 1 aliphatic carbocycles. The zero-order valence-electron chi connectivity index (χ0n) is 13.1. The van der Waals surface area contributed by atoms with Crippen molar-refractivity contribution >= 4 is 5.91 Å². The summed E-state index contributed by atoms with van der Waals surface area (Å²) in [4.78, 5) is 14.3. The van der Waals surface area contributed by atoms with E-state index in [1.807, 2.05) is 11.9 Å². The first-order valence-electron chi connectivity index (χ1n) is 7.08. The van der Waals surface area contributed by atoms with Gasteiger partial charge in [-0.3, -0.25) is 4.79 Å². The Labute approximate surface area is 112 Å². The zero-order chi connectivity index (χ0) is 14.1. The van der Waals surface area contributed by atoms with Crippen LogP contribution in [-0.4, -0.2) is 24.4 Å². The summed E-state index contributed by atoms with van der Waals surface area (Å²) in [6.45, 7) is 13.9. The molecule has 1 saturated carbocycles. The largest absolute Gasteiger partial charge is 0.345 e. The van der Waals surface area contributed by atoms with Crippen molar-refractivity contribution in [2.75, 3.05) is 13.6 Å². The van der Waals surface area contributed by atoms with E-state index in [0.717, 1.165) is 13.0 Å². The Morgan fingerprint density at radius 1 is 1.33 bits per heavy atom. The van der Waals surface area contributed by atoms with Crippen molar-refractivity contribution in [2.24, 2.45) is 23.2 Å². The summed E-state index contributed by atoms with van der Waals surface area (Å²) in [5, 5.41) is 0. The number of hydrogen-bond donors (Lipinski definition) is 0. The van der Waals surface area contributed by atoms with Crippen LogP contribution in [-0.2, 0) is 4.79 Å². The van der Waals surface area contributed by atoms with Crippen LogP contribution in [0.15, 0.2) is 11.6 Å². The minimum absolute atomic E-state index is 0.139. The first-order chi connectivity index (χ1) is 8.17. The maximum atomic E-state index is 12.4. The van der Waals surface area contributed by atoms with Crippen molar-refractivity contribution in [1.29, 1.82) is 0 Å². The molecule has 2 nitrogen and oxygen atoms in total. The lowest BCUT2D eigenvalue weighted by molar-refractivity contribution is -0.132. The van der Waals surface area contributed by atoms with Gasteiger partial charge in [0.2, 0.25) is 5.91 Å². The van der Waals surface area contributed by atoms with Crippen LogP contribution in [0.3, 0.4) is 0 Å². The highest BCUT2D eigenvalue weighted by atomic mass is 16.2. The van der Waals surface area contributed by atoms with Crippen molar-refractivity contribution in [3.63, 3.8) is 0 Å². The van der Waals surface area contributed by atoms with Gasteiger partial charge < -0.3 is 4.90 Å². The lowest BCUT2D eigenvalue weighted by atomic mass is 10.1. The van der Waals surface area contributed by atoms with Crippen LogP contribution in [0, 0.1) is 23.2 Å². The van der Waals surface area contributed by atoms with E-state index in [9.17, 15) is 4.79 Å². The second-order valence-corrected chi connectivity index (χ2v) is 7.01. The van der Waals surface area contributed by atoms with Crippen LogP contribution in [0.5, 0.6) is 0 Å². The smallest absolute Gasteiger partial charge is 0.226 e. The molecule has 2 heteroatoms. The standard InChI is InChI=1S/C16H29NO/c1-11(2)8-9-17(7)15(18)14-13(10-12(3)4)16(14,5)6/h10-11,13-14H,8-9H2,1-7H3. The van der Waals surface area contributed by atoms with Gasteiger partial charge in [0.1, 0.15) is 0 Å². The summed E-state index contributed by atoms with van der Waals surface area (Å²) >= 11 is 0. The predicted octanol–water partition coefficient (Wildman–Crippen LogP) is 3.73. The van der Waals surface area contributed by atoms with E-state index in [4.69, 9.17) is 0 Å². The molecular formula is C16H29NO. The summed E-state index contributed by atoms with van der Waals surface area (Å²) in [5.74, 6) is 1.59. The first kappa shape index (κ1) is 15.3. The van der Waals surface area contributed by atoms with Gasteiger partial charge in [-0.25, -0.2) is 0 Å². The molecule has 0 N–H and O–H groups in total. The first-order valence-corrected chi connectivity index (χ1v) is 7.08. The SMILES string of the molecule is CC(C)=CC1C(C(=O)N(C)CCC(C)C)C1(C)C. The van der Waals surface area contributed by atoms with Gasteiger partial charge in [0.05, 0.1) is 5.92 Å². The van der Waals surface area contributed by atoms with E-state index < -0.39 is 0 Å². The minimum Gasteiger partial charge on any atom is -0.345 e. The average Bonchev–Trinajstić information content (AvgIpc) is 2.74. The number of carbonyl (C=O) groups is 1. The quantitative estimate of drug-likeness (QED) is 0.682. The number of nitrogens with zero attached hydrogens (tertiary/aromatic N) is 1. The van der Waals surface area contributed by atoms with E-state index >= 15 is 0 Å². The molecule has 0 bridgehead atoms. The van der Waals surface area contributed by atoms with Crippen LogP contribution in [0.2, 0.25) is 0 Å². The lowest BCUT2D eigenvalue weighted by Gasteiger charge is -2.19. The van der Waals surface area contributed by atoms with Gasteiger partial charge in [-0.15, -0.1) is 0 Å². The Balaban J connectivity index is 2.60. The Morgan fingerprint density at radius 3 is 2.33 bits per heavy atom. The molecule has 2 atom stereocenters. The topological polar surface area (TPSA) is 20.3 Å². The van der Waals surface area contributed by atoms with E-state index in [0.29, 0.717) is 17.7 Å². The minimum atomic E-state index is 0.139. The maximum absolute atomic E-state index is 12.4. The molecule has 0 aromatic heterocycles. The molecule has 1 rings (SSSR count). The fourth-order valence-corrected chi connectivity index (χ4v) is 2.62. The van der Waals surface area contributed by atoms with E-state index in [1.54, 1.807) is 0 Å². The number of rotatable bonds is 5. The molecule has 0 spiro atoms. The van der Waals surface area contributed by atoms with Crippen molar-refractivity contribution < 1.29 is 4.79 Å². The third-order valence-electron chi connectivity index (χ3n) is 4.11. The highest BCUT2D eigenvalue weighted by Gasteiger charge is 2.60. The van der Waals surface area contributed by atoms with Crippen LogP contribution >= 0.6 is 0 Å². The van der Waals surface area contributed by atoms with Gasteiger partial charge in [-0.05, 0) is 37.5 Å². The van der Waals surface area contributed by atoms with Crippen molar-refractivity contribution in [3.05, 3.63) is 11.6 Å². The van der Waals surface area contributed by atoms with Crippen molar-refractivity contribution in [2.45, 2.75) is 48.0 Å². The Kier molecular flexibility index (Phi) is 4.63. The molecule has 0 saturated heterocycles. The predicted molar refractivity (Wildman–Crippen MR) is 77.3 cm³/mol. The number of hydrogen-bond acceptors (Lipinski definition) is 1. The van der Waals surface area contributed by atoms with Crippen LogP contribution in [0.4, 0.5) is 0 Å². The van der Waals surface area contributed by atoms with Gasteiger partial charge >= 0.3 is 0 Å². The van der Waals surface area contributed by atoms with Gasteiger partial charge in [-0.1, -0.05) is 39.3 Å². The van der Waals surface area contributed by atoms with Crippen molar-refractivity contribution in [3.8, 4) is 0 Å². The highest BCUT2D eigenvalue weighted by Crippen LogP contribution is 2.59. The molecule has 0 aromatic carbocycles.